The molecule has 27 heavy (non-hydrogen) atoms. The second-order valence-electron chi connectivity index (χ2n) is 6.98. The van der Waals surface area contributed by atoms with E-state index in [2.05, 4.69) is 17.3 Å². The topological polar surface area (TPSA) is 50.2 Å². The third kappa shape index (κ3) is 4.68. The minimum Gasteiger partial charge on any atom is -0.336 e. The molecule has 5 nitrogen and oxygen atoms in total. The number of halogens is 2. The summed E-state index contributed by atoms with van der Waals surface area (Å²) < 4.78 is 16.3. The van der Waals surface area contributed by atoms with E-state index in [9.17, 15) is 9.18 Å². The van der Waals surface area contributed by atoms with E-state index in [1.807, 2.05) is 24.8 Å². The smallest absolute Gasteiger partial charge is 0.254 e. The van der Waals surface area contributed by atoms with E-state index in [0.29, 0.717) is 17.8 Å². The van der Waals surface area contributed by atoms with Crippen LogP contribution in [0.15, 0.2) is 24.3 Å². The van der Waals surface area contributed by atoms with Crippen molar-refractivity contribution < 1.29 is 9.18 Å². The first kappa shape index (κ1) is 21.4. The van der Waals surface area contributed by atoms with Crippen LogP contribution in [0.4, 0.5) is 4.39 Å². The second-order valence-corrected chi connectivity index (χ2v) is 6.98. The Bertz CT molecular complexity index is 786. The van der Waals surface area contributed by atoms with E-state index in [1.54, 1.807) is 16.8 Å². The number of nitrogens with zero attached hydrogens (tertiary/aromatic N) is 3. The first-order chi connectivity index (χ1) is 12.5. The summed E-state index contributed by atoms with van der Waals surface area (Å²) in [6, 6.07) is 6.83. The summed E-state index contributed by atoms with van der Waals surface area (Å²) in [6.45, 7) is 8.37. The highest BCUT2D eigenvalue weighted by molar-refractivity contribution is 5.94. The molecular formula is C20H28ClFN4O. The third-order valence-electron chi connectivity index (χ3n) is 4.91. The lowest BCUT2D eigenvalue weighted by Gasteiger charge is -2.34. The lowest BCUT2D eigenvalue weighted by Crippen LogP contribution is -2.46. The normalized spacial score (nSPS) is 14.7. The zero-order valence-electron chi connectivity index (χ0n) is 16.2. The van der Waals surface area contributed by atoms with Crippen LogP contribution in [0.2, 0.25) is 0 Å². The van der Waals surface area contributed by atoms with Gasteiger partial charge in [0.1, 0.15) is 11.5 Å². The summed E-state index contributed by atoms with van der Waals surface area (Å²) in [4.78, 5) is 14.9. The predicted molar refractivity (Wildman–Crippen MR) is 107 cm³/mol. The van der Waals surface area contributed by atoms with Gasteiger partial charge in [0, 0.05) is 23.8 Å². The van der Waals surface area contributed by atoms with Crippen LogP contribution in [-0.4, -0.2) is 46.3 Å². The number of piperidine rings is 1. The van der Waals surface area contributed by atoms with Crippen molar-refractivity contribution in [3.05, 3.63) is 47.0 Å². The molecule has 7 heteroatoms. The van der Waals surface area contributed by atoms with Gasteiger partial charge in [-0.25, -0.2) is 9.07 Å². The summed E-state index contributed by atoms with van der Waals surface area (Å²) in [7, 11) is 0. The fraction of sp³-hybridized carbons (Fsp3) is 0.500. The number of rotatable bonds is 5. The molecule has 0 saturated carbocycles. The van der Waals surface area contributed by atoms with Gasteiger partial charge in [-0.1, -0.05) is 6.92 Å². The molecule has 1 N–H and O–H groups in total. The quantitative estimate of drug-likeness (QED) is 0.842. The van der Waals surface area contributed by atoms with Crippen LogP contribution in [-0.2, 0) is 0 Å². The molecule has 0 spiro atoms. The van der Waals surface area contributed by atoms with Gasteiger partial charge in [0.15, 0.2) is 0 Å². The molecular weight excluding hydrogens is 367 g/mol. The molecule has 0 atom stereocenters. The standard InChI is InChI=1S/C20H27FN4O.ClH/c1-4-11-24(17-7-9-22-10-8-17)20(26)16-5-6-19(18(21)13-16)25-15(3)12-14(2)23-25;/h5-6,12-13,17,22H,4,7-11H2,1-3H3;1H. The summed E-state index contributed by atoms with van der Waals surface area (Å²) in [5.74, 6) is -0.513. The predicted octanol–water partition coefficient (Wildman–Crippen LogP) is 3.65. The molecule has 3 rings (SSSR count). The van der Waals surface area contributed by atoms with Crippen LogP contribution in [0.3, 0.4) is 0 Å². The molecule has 1 fully saturated rings. The van der Waals surface area contributed by atoms with Gasteiger partial charge in [-0.05, 0) is 70.5 Å². The maximum Gasteiger partial charge on any atom is 0.254 e. The number of aryl methyl sites for hydroxylation is 2. The maximum atomic E-state index is 14.7. The number of aromatic nitrogens is 2. The molecule has 0 bridgehead atoms. The molecule has 1 aromatic carbocycles. The first-order valence-corrected chi connectivity index (χ1v) is 9.36. The van der Waals surface area contributed by atoms with E-state index in [4.69, 9.17) is 0 Å². The van der Waals surface area contributed by atoms with E-state index in [0.717, 1.165) is 43.7 Å². The highest BCUT2D eigenvalue weighted by Crippen LogP contribution is 2.21. The fourth-order valence-electron chi connectivity index (χ4n) is 3.66. The zero-order chi connectivity index (χ0) is 18.7. The van der Waals surface area contributed by atoms with Gasteiger partial charge in [-0.2, -0.15) is 5.10 Å². The van der Waals surface area contributed by atoms with E-state index in [-0.39, 0.29) is 24.4 Å². The highest BCUT2D eigenvalue weighted by atomic mass is 35.5. The van der Waals surface area contributed by atoms with Crippen molar-refractivity contribution in [3.63, 3.8) is 0 Å². The van der Waals surface area contributed by atoms with Gasteiger partial charge in [-0.15, -0.1) is 12.4 Å². The Morgan fingerprint density at radius 2 is 2.00 bits per heavy atom. The van der Waals surface area contributed by atoms with Crippen LogP contribution in [0.5, 0.6) is 0 Å². The van der Waals surface area contributed by atoms with Gasteiger partial charge < -0.3 is 10.2 Å². The van der Waals surface area contributed by atoms with Gasteiger partial charge in [0.05, 0.1) is 5.69 Å². The Labute approximate surface area is 166 Å². The second kappa shape index (κ2) is 9.33. The lowest BCUT2D eigenvalue weighted by atomic mass is 10.0. The average molecular weight is 395 g/mol. The zero-order valence-corrected chi connectivity index (χ0v) is 17.0. The molecule has 2 aromatic rings. The third-order valence-corrected chi connectivity index (χ3v) is 4.91. The SMILES string of the molecule is CCCN(C(=O)c1ccc(-n2nc(C)cc2C)c(F)c1)C1CCNCC1.Cl. The van der Waals surface area contributed by atoms with Gasteiger partial charge in [0.2, 0.25) is 0 Å². The van der Waals surface area contributed by atoms with Crippen LogP contribution in [0, 0.1) is 19.7 Å². The van der Waals surface area contributed by atoms with E-state index < -0.39 is 5.82 Å². The molecule has 1 aliphatic rings. The van der Waals surface area contributed by atoms with Crippen LogP contribution in [0.1, 0.15) is 47.9 Å². The van der Waals surface area contributed by atoms with Gasteiger partial charge in [0.25, 0.3) is 5.91 Å². The van der Waals surface area contributed by atoms with Crippen molar-refractivity contribution in [2.75, 3.05) is 19.6 Å². The minimum atomic E-state index is -0.427. The number of benzene rings is 1. The number of hydrogen-bond acceptors (Lipinski definition) is 3. The van der Waals surface area contributed by atoms with Crippen molar-refractivity contribution in [3.8, 4) is 5.69 Å². The van der Waals surface area contributed by atoms with Crippen LogP contribution < -0.4 is 5.32 Å². The van der Waals surface area contributed by atoms with Crippen LogP contribution in [0.25, 0.3) is 5.69 Å². The molecule has 1 amide bonds. The minimum absolute atomic E-state index is 0. The van der Waals surface area contributed by atoms with E-state index in [1.165, 1.54) is 6.07 Å². The van der Waals surface area contributed by atoms with Gasteiger partial charge >= 0.3 is 0 Å². The summed E-state index contributed by atoms with van der Waals surface area (Å²) in [5.41, 5.74) is 2.47. The molecule has 148 valence electrons. The Morgan fingerprint density at radius 1 is 1.30 bits per heavy atom. The molecule has 1 saturated heterocycles. The molecule has 0 aliphatic carbocycles. The molecule has 1 aromatic heterocycles. The van der Waals surface area contributed by atoms with Crippen molar-refractivity contribution >= 4 is 18.3 Å². The Morgan fingerprint density at radius 3 is 2.56 bits per heavy atom. The fourth-order valence-corrected chi connectivity index (χ4v) is 3.66. The molecule has 2 heterocycles. The molecule has 0 unspecified atom stereocenters. The summed E-state index contributed by atoms with van der Waals surface area (Å²) >= 11 is 0. The Balaban J connectivity index is 0.00000261. The van der Waals surface area contributed by atoms with Crippen molar-refractivity contribution in [2.24, 2.45) is 0 Å². The summed E-state index contributed by atoms with van der Waals surface area (Å²) in [6.07, 6.45) is 2.78. The highest BCUT2D eigenvalue weighted by Gasteiger charge is 2.26. The molecule has 1 aliphatic heterocycles. The van der Waals surface area contributed by atoms with E-state index >= 15 is 0 Å². The number of nitrogens with one attached hydrogen (secondary N) is 1. The van der Waals surface area contributed by atoms with Crippen molar-refractivity contribution in [2.45, 2.75) is 46.1 Å². The average Bonchev–Trinajstić information content (AvgIpc) is 2.97. The number of hydrogen-bond donors (Lipinski definition) is 1. The number of carbonyl (C=O) groups excluding carboxylic acids is 1. The monoisotopic (exact) mass is 394 g/mol. The van der Waals surface area contributed by atoms with Gasteiger partial charge in [-0.3, -0.25) is 4.79 Å². The maximum absolute atomic E-state index is 14.7. The van der Waals surface area contributed by atoms with Crippen molar-refractivity contribution in [1.82, 2.24) is 20.0 Å². The molecule has 0 radical (unpaired) electrons. The lowest BCUT2D eigenvalue weighted by molar-refractivity contribution is 0.0642. The Hall–Kier alpha value is -1.92. The van der Waals surface area contributed by atoms with Crippen molar-refractivity contribution in [1.29, 1.82) is 0 Å². The number of carbonyl (C=O) groups is 1. The van der Waals surface area contributed by atoms with Crippen LogP contribution >= 0.6 is 12.4 Å². The number of amides is 1. The largest absolute Gasteiger partial charge is 0.336 e. The summed E-state index contributed by atoms with van der Waals surface area (Å²) in [5, 5.41) is 7.65. The first-order valence-electron chi connectivity index (χ1n) is 9.36. The Kier molecular flexibility index (Phi) is 7.39.